The Morgan fingerprint density at radius 3 is 1.71 bits per heavy atom. The molecule has 0 bridgehead atoms. The quantitative estimate of drug-likeness (QED) is 0.350. The first-order valence-electron chi connectivity index (χ1n) is 1.61. The van der Waals surface area contributed by atoms with E-state index < -0.39 is 11.2 Å². The van der Waals surface area contributed by atoms with Gasteiger partial charge >= 0.3 is 0 Å². The molecule has 0 spiro atoms. The van der Waals surface area contributed by atoms with E-state index in [1.54, 1.807) is 0 Å². The van der Waals surface area contributed by atoms with E-state index >= 15 is 0 Å². The summed E-state index contributed by atoms with van der Waals surface area (Å²) in [6.07, 6.45) is 0. The van der Waals surface area contributed by atoms with Crippen LogP contribution in [0.15, 0.2) is 0 Å². The summed E-state index contributed by atoms with van der Waals surface area (Å²) >= 11 is 0. The Bertz CT molecular complexity index is 86.2. The van der Waals surface area contributed by atoms with E-state index in [2.05, 4.69) is 5.73 Å². The Morgan fingerprint density at radius 1 is 1.57 bits per heavy atom. The molecule has 0 unspecified atom stereocenters. The van der Waals surface area contributed by atoms with Crippen molar-refractivity contribution in [3.8, 4) is 0 Å². The van der Waals surface area contributed by atoms with E-state index in [1.165, 1.54) is 0 Å². The van der Waals surface area contributed by atoms with Crippen LogP contribution < -0.4 is 11.5 Å². The molecule has 4 N–H and O–H groups in total. The molecular formula is C2H4B2N2O. The van der Waals surface area contributed by atoms with Crippen molar-refractivity contribution in [1.29, 1.82) is 0 Å². The zero-order chi connectivity index (χ0) is 6.08. The van der Waals surface area contributed by atoms with Gasteiger partial charge in [-0.15, -0.1) is 0 Å². The summed E-state index contributed by atoms with van der Waals surface area (Å²) in [5.74, 6) is -0.924. The summed E-state index contributed by atoms with van der Waals surface area (Å²) in [6.45, 7) is 0. The topological polar surface area (TPSA) is 69.1 Å². The second-order valence-corrected chi connectivity index (χ2v) is 1.30. The summed E-state index contributed by atoms with van der Waals surface area (Å²) in [4.78, 5) is 9.87. The number of carbonyl (C=O) groups excluding carboxylic acids is 1. The SMILES string of the molecule is [B]C([B])(N)C(N)=O. The minimum atomic E-state index is -1.86. The third-order valence-corrected chi connectivity index (χ3v) is 0.427. The molecule has 0 aromatic carbocycles. The molecular weight excluding hydrogens is 89.7 g/mol. The first kappa shape index (κ1) is 6.56. The number of carbonyl (C=O) groups is 1. The zero-order valence-electron chi connectivity index (χ0n) is 3.72. The van der Waals surface area contributed by atoms with Crippen LogP contribution in [0.5, 0.6) is 0 Å². The van der Waals surface area contributed by atoms with Crippen molar-refractivity contribution < 1.29 is 4.79 Å². The summed E-state index contributed by atoms with van der Waals surface area (Å²) < 4.78 is 0. The fourth-order valence-electron chi connectivity index (χ4n) is 0. The van der Waals surface area contributed by atoms with Crippen molar-refractivity contribution in [3.05, 3.63) is 0 Å². The second kappa shape index (κ2) is 1.58. The van der Waals surface area contributed by atoms with Crippen molar-refractivity contribution in [2.45, 2.75) is 5.34 Å². The molecule has 34 valence electrons. The maximum Gasteiger partial charge on any atom is 0.219 e. The highest BCUT2D eigenvalue weighted by Crippen LogP contribution is 1.78. The number of hydrogen-bond donors (Lipinski definition) is 2. The lowest BCUT2D eigenvalue weighted by molar-refractivity contribution is -0.118. The van der Waals surface area contributed by atoms with E-state index in [0.717, 1.165) is 0 Å². The lowest BCUT2D eigenvalue weighted by Crippen LogP contribution is -2.53. The molecule has 0 fully saturated rings. The van der Waals surface area contributed by atoms with Crippen LogP contribution in [0.3, 0.4) is 0 Å². The maximum atomic E-state index is 9.87. The molecule has 0 aliphatic carbocycles. The number of rotatable bonds is 1. The van der Waals surface area contributed by atoms with Gasteiger partial charge < -0.3 is 11.5 Å². The van der Waals surface area contributed by atoms with E-state index in [4.69, 9.17) is 21.4 Å². The average Bonchev–Trinajstić information content (AvgIpc) is 1.31. The van der Waals surface area contributed by atoms with Gasteiger partial charge in [0.2, 0.25) is 5.91 Å². The number of nitrogens with two attached hydrogens (primary N) is 2. The van der Waals surface area contributed by atoms with Gasteiger partial charge in [0, 0.05) is 5.34 Å². The van der Waals surface area contributed by atoms with Crippen LogP contribution in [0.25, 0.3) is 0 Å². The van der Waals surface area contributed by atoms with Crippen molar-refractivity contribution in [2.24, 2.45) is 11.5 Å². The summed E-state index contributed by atoms with van der Waals surface area (Å²) in [5.41, 5.74) is 9.31. The van der Waals surface area contributed by atoms with Crippen molar-refractivity contribution in [3.63, 3.8) is 0 Å². The highest BCUT2D eigenvalue weighted by atomic mass is 16.1. The molecule has 1 amide bonds. The Morgan fingerprint density at radius 2 is 1.71 bits per heavy atom. The highest BCUT2D eigenvalue weighted by molar-refractivity contribution is 6.50. The van der Waals surface area contributed by atoms with Gasteiger partial charge in [-0.1, -0.05) is 0 Å². The van der Waals surface area contributed by atoms with E-state index in [0.29, 0.717) is 0 Å². The van der Waals surface area contributed by atoms with E-state index in [9.17, 15) is 4.79 Å². The molecule has 0 heterocycles. The average molecular weight is 93.7 g/mol. The number of amides is 1. The lowest BCUT2D eigenvalue weighted by atomic mass is 9.62. The largest absolute Gasteiger partial charge is 0.369 e. The maximum absolute atomic E-state index is 9.87. The number of primary amides is 1. The van der Waals surface area contributed by atoms with Gasteiger partial charge in [0.1, 0.15) is 0 Å². The second-order valence-electron chi connectivity index (χ2n) is 1.30. The van der Waals surface area contributed by atoms with Gasteiger partial charge in [0.15, 0.2) is 0 Å². The van der Waals surface area contributed by atoms with Crippen LogP contribution in [-0.4, -0.2) is 26.9 Å². The molecule has 0 aromatic rings. The van der Waals surface area contributed by atoms with Gasteiger partial charge in [-0.2, -0.15) is 0 Å². The van der Waals surface area contributed by atoms with Crippen LogP contribution in [0.2, 0.25) is 0 Å². The fourth-order valence-corrected chi connectivity index (χ4v) is 0. The van der Waals surface area contributed by atoms with Crippen LogP contribution in [0, 0.1) is 0 Å². The van der Waals surface area contributed by atoms with Crippen molar-refractivity contribution in [1.82, 2.24) is 0 Å². The molecule has 4 radical (unpaired) electrons. The normalized spacial score (nSPS) is 11.0. The molecule has 5 heteroatoms. The Balaban J connectivity index is 3.79. The Kier molecular flexibility index (Phi) is 1.48. The molecule has 0 saturated carbocycles. The van der Waals surface area contributed by atoms with Crippen LogP contribution in [0.1, 0.15) is 0 Å². The minimum Gasteiger partial charge on any atom is -0.369 e. The molecule has 0 aliphatic heterocycles. The Hall–Kier alpha value is -0.440. The molecule has 7 heavy (non-hydrogen) atoms. The van der Waals surface area contributed by atoms with Gasteiger partial charge in [0.05, 0.1) is 15.7 Å². The van der Waals surface area contributed by atoms with E-state index in [1.807, 2.05) is 0 Å². The van der Waals surface area contributed by atoms with Gasteiger partial charge in [-0.25, -0.2) is 0 Å². The monoisotopic (exact) mass is 94.1 g/mol. The van der Waals surface area contributed by atoms with Crippen molar-refractivity contribution >= 4 is 21.6 Å². The minimum absolute atomic E-state index is 0.924. The van der Waals surface area contributed by atoms with Crippen LogP contribution in [-0.2, 0) is 4.79 Å². The van der Waals surface area contributed by atoms with Crippen LogP contribution in [0.4, 0.5) is 0 Å². The standard InChI is InChI=1S/C2H4B2N2O/c3-2(4,6)1(5)7/h6H2,(H2,5,7). The van der Waals surface area contributed by atoms with Crippen LogP contribution >= 0.6 is 0 Å². The van der Waals surface area contributed by atoms with Gasteiger partial charge in [-0.3, -0.25) is 4.79 Å². The zero-order valence-corrected chi connectivity index (χ0v) is 3.72. The van der Waals surface area contributed by atoms with Crippen molar-refractivity contribution in [2.75, 3.05) is 0 Å². The fraction of sp³-hybridized carbons (Fsp3) is 0.500. The molecule has 0 rings (SSSR count). The first-order valence-corrected chi connectivity index (χ1v) is 1.61. The van der Waals surface area contributed by atoms with E-state index in [-0.39, 0.29) is 0 Å². The predicted molar refractivity (Wildman–Crippen MR) is 27.6 cm³/mol. The summed E-state index contributed by atoms with van der Waals surface area (Å²) in [5, 5.41) is -1.86. The predicted octanol–water partition coefficient (Wildman–Crippen LogP) is -2.58. The molecule has 0 aromatic heterocycles. The van der Waals surface area contributed by atoms with Gasteiger partial charge in [-0.05, 0) is 0 Å². The first-order chi connectivity index (χ1) is 2.94. The summed E-state index contributed by atoms with van der Waals surface area (Å²) in [7, 11) is 9.52. The smallest absolute Gasteiger partial charge is 0.219 e. The summed E-state index contributed by atoms with van der Waals surface area (Å²) in [6, 6.07) is 0. The molecule has 0 aliphatic rings. The highest BCUT2D eigenvalue weighted by Gasteiger charge is 2.15. The lowest BCUT2D eigenvalue weighted by Gasteiger charge is -2.12. The Labute approximate surface area is 44.2 Å². The number of hydrogen-bond acceptors (Lipinski definition) is 2. The molecule has 0 saturated heterocycles. The third-order valence-electron chi connectivity index (χ3n) is 0.427. The van der Waals surface area contributed by atoms with Gasteiger partial charge in [0.25, 0.3) is 0 Å². The molecule has 3 nitrogen and oxygen atoms in total. The third kappa shape index (κ3) is 2.28. The molecule has 0 atom stereocenters.